The molecule has 2 amide bonds. The number of aryl methyl sites for hydroxylation is 1. The maximum atomic E-state index is 13.0. The number of ether oxygens (including phenoxy) is 2. The van der Waals surface area contributed by atoms with Crippen molar-refractivity contribution in [2.75, 3.05) is 33.3 Å². The lowest BCUT2D eigenvalue weighted by Gasteiger charge is -2.28. The molecule has 0 radical (unpaired) electrons. The normalized spacial score (nSPS) is 18.6. The third-order valence-electron chi connectivity index (χ3n) is 7.00. The molecule has 1 N–H and O–H groups in total. The molecule has 2 fully saturated rings. The third-order valence-corrected chi connectivity index (χ3v) is 7.00. The van der Waals surface area contributed by atoms with E-state index < -0.39 is 0 Å². The number of nitrogens with zero attached hydrogens (tertiary/aromatic N) is 3. The van der Waals surface area contributed by atoms with Crippen LogP contribution in [0.3, 0.4) is 0 Å². The molecule has 5 rings (SSSR count). The summed E-state index contributed by atoms with van der Waals surface area (Å²) in [5.74, 6) is 3.15. The van der Waals surface area contributed by atoms with Crippen molar-refractivity contribution < 1.29 is 14.3 Å². The first kappa shape index (κ1) is 22.6. The second kappa shape index (κ2) is 9.95. The average Bonchev–Trinajstić information content (AvgIpc) is 3.19. The fourth-order valence-corrected chi connectivity index (χ4v) is 5.07. The fourth-order valence-electron chi connectivity index (χ4n) is 5.07. The number of amidine groups is 1. The van der Waals surface area contributed by atoms with Crippen molar-refractivity contribution in [1.82, 2.24) is 15.1 Å². The first-order valence-corrected chi connectivity index (χ1v) is 12.5. The summed E-state index contributed by atoms with van der Waals surface area (Å²) in [6.45, 7) is 5.01. The molecule has 0 bridgehead atoms. The number of aliphatic imine (C=N–C) groups is 1. The quantitative estimate of drug-likeness (QED) is 0.663. The van der Waals surface area contributed by atoms with Gasteiger partial charge in [0.25, 0.3) is 0 Å². The number of nitrogens with one attached hydrogen (secondary N) is 1. The summed E-state index contributed by atoms with van der Waals surface area (Å²) in [4.78, 5) is 22.3. The van der Waals surface area contributed by atoms with Crippen molar-refractivity contribution in [2.24, 2.45) is 4.99 Å². The summed E-state index contributed by atoms with van der Waals surface area (Å²) in [5, 5.41) is 3.27. The lowest BCUT2D eigenvalue weighted by Crippen LogP contribution is -2.47. The van der Waals surface area contributed by atoms with Crippen molar-refractivity contribution in [3.05, 3.63) is 47.5 Å². The Balaban J connectivity index is 1.39. The van der Waals surface area contributed by atoms with Gasteiger partial charge in [-0.1, -0.05) is 25.3 Å². The molecule has 3 aliphatic rings. The molecular weight excluding hydrogens is 428 g/mol. The molecule has 0 spiro atoms. The molecule has 34 heavy (non-hydrogen) atoms. The Hall–Kier alpha value is -3.22. The number of amides is 2. The van der Waals surface area contributed by atoms with Crippen LogP contribution in [0, 0.1) is 6.92 Å². The summed E-state index contributed by atoms with van der Waals surface area (Å²) in [5.41, 5.74) is 2.85. The van der Waals surface area contributed by atoms with Crippen LogP contribution in [0.5, 0.6) is 17.2 Å². The van der Waals surface area contributed by atoms with E-state index in [1.807, 2.05) is 35.2 Å². The number of hydrogen-bond donors (Lipinski definition) is 1. The van der Waals surface area contributed by atoms with Gasteiger partial charge in [-0.3, -0.25) is 0 Å². The summed E-state index contributed by atoms with van der Waals surface area (Å²) >= 11 is 0. The van der Waals surface area contributed by atoms with E-state index in [4.69, 9.17) is 14.5 Å². The standard InChI is InChI=1S/C27H34N4O3/c1-19-9-11-23-25(17-19)34-24-12-10-21(33-2)18-22(24)26(29-23)30-13-6-14-31(16-15-30)27(32)28-20-7-4-3-5-8-20/h9-12,17-18,20H,3-8,13-16H2,1-2H3,(H,28,32). The minimum Gasteiger partial charge on any atom is -0.497 e. The highest BCUT2D eigenvalue weighted by atomic mass is 16.5. The van der Waals surface area contributed by atoms with E-state index >= 15 is 0 Å². The number of carbonyl (C=O) groups is 1. The molecule has 2 aliphatic heterocycles. The van der Waals surface area contributed by atoms with Gasteiger partial charge < -0.3 is 24.6 Å². The van der Waals surface area contributed by atoms with Gasteiger partial charge in [0, 0.05) is 32.2 Å². The zero-order valence-corrected chi connectivity index (χ0v) is 20.2. The smallest absolute Gasteiger partial charge is 0.317 e. The van der Waals surface area contributed by atoms with Crippen LogP contribution < -0.4 is 14.8 Å². The van der Waals surface area contributed by atoms with Gasteiger partial charge in [0.2, 0.25) is 0 Å². The zero-order chi connectivity index (χ0) is 23.5. The van der Waals surface area contributed by atoms with Crippen LogP contribution in [-0.4, -0.2) is 61.0 Å². The predicted molar refractivity (Wildman–Crippen MR) is 134 cm³/mol. The molecule has 2 aromatic rings. The first-order chi connectivity index (χ1) is 16.6. The maximum Gasteiger partial charge on any atom is 0.317 e. The van der Waals surface area contributed by atoms with E-state index in [0.717, 1.165) is 78.8 Å². The van der Waals surface area contributed by atoms with E-state index in [0.29, 0.717) is 12.6 Å². The predicted octanol–water partition coefficient (Wildman–Crippen LogP) is 5.24. The lowest BCUT2D eigenvalue weighted by atomic mass is 9.96. The molecule has 7 heteroatoms. The van der Waals surface area contributed by atoms with Crippen LogP contribution in [0.15, 0.2) is 41.4 Å². The largest absolute Gasteiger partial charge is 0.497 e. The van der Waals surface area contributed by atoms with Crippen LogP contribution in [0.25, 0.3) is 0 Å². The Kier molecular flexibility index (Phi) is 6.61. The van der Waals surface area contributed by atoms with Gasteiger partial charge in [-0.2, -0.15) is 0 Å². The second-order valence-electron chi connectivity index (χ2n) is 9.48. The summed E-state index contributed by atoms with van der Waals surface area (Å²) in [6.07, 6.45) is 6.79. The minimum absolute atomic E-state index is 0.0720. The van der Waals surface area contributed by atoms with E-state index in [-0.39, 0.29) is 6.03 Å². The topological polar surface area (TPSA) is 66.4 Å². The summed E-state index contributed by atoms with van der Waals surface area (Å²) in [7, 11) is 1.67. The Labute approximate surface area is 201 Å². The highest BCUT2D eigenvalue weighted by Gasteiger charge is 2.27. The fraction of sp³-hybridized carbons (Fsp3) is 0.481. The SMILES string of the molecule is COc1ccc2c(c1)C(N1CCCN(C(=O)NC3CCCCC3)CC1)=Nc1ccc(C)cc1O2. The number of methoxy groups -OCH3 is 1. The number of rotatable bonds is 2. The van der Waals surface area contributed by atoms with Crippen LogP contribution in [-0.2, 0) is 0 Å². The third kappa shape index (κ3) is 4.83. The summed E-state index contributed by atoms with van der Waals surface area (Å²) < 4.78 is 11.8. The van der Waals surface area contributed by atoms with Crippen LogP contribution >= 0.6 is 0 Å². The Morgan fingerprint density at radius 2 is 1.85 bits per heavy atom. The van der Waals surface area contributed by atoms with E-state index in [1.165, 1.54) is 19.3 Å². The van der Waals surface area contributed by atoms with Gasteiger partial charge in [-0.05, 0) is 62.1 Å². The van der Waals surface area contributed by atoms with Crippen molar-refractivity contribution in [3.8, 4) is 17.2 Å². The molecule has 180 valence electrons. The lowest BCUT2D eigenvalue weighted by molar-refractivity contribution is 0.192. The highest BCUT2D eigenvalue weighted by Crippen LogP contribution is 2.40. The molecule has 0 aromatic heterocycles. The monoisotopic (exact) mass is 462 g/mol. The number of benzene rings is 2. The van der Waals surface area contributed by atoms with Crippen molar-refractivity contribution >= 4 is 17.6 Å². The molecular formula is C27H34N4O3. The van der Waals surface area contributed by atoms with Crippen molar-refractivity contribution in [2.45, 2.75) is 51.5 Å². The molecule has 1 saturated carbocycles. The molecule has 1 aliphatic carbocycles. The van der Waals surface area contributed by atoms with E-state index in [1.54, 1.807) is 7.11 Å². The van der Waals surface area contributed by atoms with Gasteiger partial charge >= 0.3 is 6.03 Å². The van der Waals surface area contributed by atoms with Crippen molar-refractivity contribution in [3.63, 3.8) is 0 Å². The Morgan fingerprint density at radius 1 is 1.00 bits per heavy atom. The molecule has 7 nitrogen and oxygen atoms in total. The van der Waals surface area contributed by atoms with Crippen LogP contribution in [0.4, 0.5) is 10.5 Å². The number of hydrogen-bond acceptors (Lipinski definition) is 5. The molecule has 1 saturated heterocycles. The summed E-state index contributed by atoms with van der Waals surface area (Å²) in [6, 6.07) is 12.3. The van der Waals surface area contributed by atoms with Crippen LogP contribution in [0.1, 0.15) is 49.7 Å². The average molecular weight is 463 g/mol. The maximum absolute atomic E-state index is 13.0. The van der Waals surface area contributed by atoms with Gasteiger partial charge in [-0.15, -0.1) is 0 Å². The molecule has 0 unspecified atom stereocenters. The van der Waals surface area contributed by atoms with Gasteiger partial charge in [0.1, 0.15) is 23.0 Å². The van der Waals surface area contributed by atoms with Gasteiger partial charge in [-0.25, -0.2) is 9.79 Å². The Morgan fingerprint density at radius 3 is 2.68 bits per heavy atom. The second-order valence-corrected chi connectivity index (χ2v) is 9.48. The highest BCUT2D eigenvalue weighted by molar-refractivity contribution is 6.04. The van der Waals surface area contributed by atoms with E-state index in [2.05, 4.69) is 23.2 Å². The minimum atomic E-state index is 0.0720. The van der Waals surface area contributed by atoms with Gasteiger partial charge in [0.05, 0.1) is 12.7 Å². The molecule has 2 heterocycles. The number of carbonyl (C=O) groups excluding carboxylic acids is 1. The number of urea groups is 1. The van der Waals surface area contributed by atoms with Crippen molar-refractivity contribution in [1.29, 1.82) is 0 Å². The zero-order valence-electron chi connectivity index (χ0n) is 20.2. The first-order valence-electron chi connectivity index (χ1n) is 12.5. The van der Waals surface area contributed by atoms with E-state index in [9.17, 15) is 4.79 Å². The molecule has 2 aromatic carbocycles. The van der Waals surface area contributed by atoms with Gasteiger partial charge in [0.15, 0.2) is 5.75 Å². The Bertz CT molecular complexity index is 1080. The number of fused-ring (bicyclic) bond motifs is 2. The molecule has 0 atom stereocenters. The van der Waals surface area contributed by atoms with Crippen LogP contribution in [0.2, 0.25) is 0 Å².